The van der Waals surface area contributed by atoms with E-state index in [2.05, 4.69) is 26.7 Å². The van der Waals surface area contributed by atoms with Gasteiger partial charge >= 0.3 is 5.97 Å². The summed E-state index contributed by atoms with van der Waals surface area (Å²) in [5.74, 6) is 8.00. The molecule has 7 heteroatoms. The number of benzene rings is 1. The largest absolute Gasteiger partial charge is 0.497 e. The normalized spacial score (nSPS) is 25.1. The molecule has 5 atom stereocenters. The fourth-order valence-electron chi connectivity index (χ4n) is 5.04. The molecule has 0 N–H and O–H groups in total. The highest BCUT2D eigenvalue weighted by Crippen LogP contribution is 2.43. The van der Waals surface area contributed by atoms with Crippen LogP contribution < -0.4 is 4.74 Å². The molecule has 2 aromatic heterocycles. The summed E-state index contributed by atoms with van der Waals surface area (Å²) in [6.07, 6.45) is 5.29. The van der Waals surface area contributed by atoms with Gasteiger partial charge in [0.15, 0.2) is 5.01 Å². The summed E-state index contributed by atoms with van der Waals surface area (Å²) in [7, 11) is 1.65. The quantitative estimate of drug-likeness (QED) is 0.444. The van der Waals surface area contributed by atoms with Crippen LogP contribution in [0.1, 0.15) is 36.4 Å². The summed E-state index contributed by atoms with van der Waals surface area (Å²) < 4.78 is 11.4. The molecule has 1 aromatic carbocycles. The highest BCUT2D eigenvalue weighted by atomic mass is 32.1. The molecular weight excluding hydrogens is 422 g/mol. The van der Waals surface area contributed by atoms with Crippen molar-refractivity contribution in [2.45, 2.75) is 31.9 Å². The minimum absolute atomic E-state index is 0.118. The molecule has 0 spiro atoms. The zero-order chi connectivity index (χ0) is 22.1. The van der Waals surface area contributed by atoms with E-state index in [1.165, 1.54) is 6.92 Å². The summed E-state index contributed by atoms with van der Waals surface area (Å²) in [5.41, 5.74) is 1.84. The van der Waals surface area contributed by atoms with E-state index in [1.54, 1.807) is 30.8 Å². The zero-order valence-corrected chi connectivity index (χ0v) is 19.0. The Labute approximate surface area is 191 Å². The SMILES string of the molecule is COc1ccc2nccc([C@H](OC(C)=O)[C@H]3C[C@@H]4CCN3C[C@@H]4C#Cc3nccs3)c2c1. The minimum Gasteiger partial charge on any atom is -0.497 e. The lowest BCUT2D eigenvalue weighted by atomic mass is 9.73. The molecule has 3 aromatic rings. The second-order valence-corrected chi connectivity index (χ2v) is 9.27. The van der Waals surface area contributed by atoms with Crippen molar-refractivity contribution in [3.8, 4) is 17.6 Å². The number of aromatic nitrogens is 2. The Bertz CT molecular complexity index is 1180. The van der Waals surface area contributed by atoms with Gasteiger partial charge in [-0.1, -0.05) is 5.92 Å². The van der Waals surface area contributed by atoms with E-state index in [4.69, 9.17) is 9.47 Å². The topological polar surface area (TPSA) is 64.6 Å². The van der Waals surface area contributed by atoms with Crippen molar-refractivity contribution >= 4 is 28.2 Å². The van der Waals surface area contributed by atoms with Gasteiger partial charge in [0.05, 0.1) is 18.7 Å². The molecule has 164 valence electrons. The van der Waals surface area contributed by atoms with Crippen LogP contribution in [0.15, 0.2) is 42.0 Å². The monoisotopic (exact) mass is 447 g/mol. The molecule has 0 amide bonds. The summed E-state index contributed by atoms with van der Waals surface area (Å²) in [6.45, 7) is 3.36. The van der Waals surface area contributed by atoms with Crippen LogP contribution in [0.25, 0.3) is 10.9 Å². The van der Waals surface area contributed by atoms with Gasteiger partial charge in [-0.25, -0.2) is 4.98 Å². The van der Waals surface area contributed by atoms with E-state index in [0.29, 0.717) is 11.8 Å². The summed E-state index contributed by atoms with van der Waals surface area (Å²) in [6, 6.07) is 7.91. The molecule has 0 saturated carbocycles. The Morgan fingerprint density at radius 1 is 1.28 bits per heavy atom. The van der Waals surface area contributed by atoms with Gasteiger partial charge in [-0.05, 0) is 55.5 Å². The number of esters is 1. The van der Waals surface area contributed by atoms with Crippen LogP contribution in [0.4, 0.5) is 0 Å². The Kier molecular flexibility index (Phi) is 5.81. The van der Waals surface area contributed by atoms with Crippen LogP contribution in [0.5, 0.6) is 5.75 Å². The second-order valence-electron chi connectivity index (χ2n) is 8.37. The summed E-state index contributed by atoms with van der Waals surface area (Å²) in [5, 5.41) is 3.78. The Morgan fingerprint density at radius 3 is 2.91 bits per heavy atom. The van der Waals surface area contributed by atoms with Gasteiger partial charge in [0, 0.05) is 48.1 Å². The Morgan fingerprint density at radius 2 is 2.19 bits per heavy atom. The molecule has 0 radical (unpaired) electrons. The number of piperidine rings is 3. The van der Waals surface area contributed by atoms with Crippen LogP contribution in [0.3, 0.4) is 0 Å². The maximum atomic E-state index is 12.1. The molecule has 6 rings (SSSR count). The second kappa shape index (κ2) is 8.89. The smallest absolute Gasteiger partial charge is 0.303 e. The molecule has 3 saturated heterocycles. The number of carbonyl (C=O) groups is 1. The van der Waals surface area contributed by atoms with Crippen molar-refractivity contribution in [2.24, 2.45) is 11.8 Å². The third-order valence-electron chi connectivity index (χ3n) is 6.53. The summed E-state index contributed by atoms with van der Waals surface area (Å²) >= 11 is 1.57. The van der Waals surface area contributed by atoms with Crippen molar-refractivity contribution < 1.29 is 14.3 Å². The van der Waals surface area contributed by atoms with Crippen LogP contribution >= 0.6 is 11.3 Å². The molecule has 3 aliphatic rings. The molecular formula is C25H25N3O3S. The van der Waals surface area contributed by atoms with Crippen LogP contribution in [-0.2, 0) is 9.53 Å². The number of pyridine rings is 1. The number of carbonyl (C=O) groups excluding carboxylic acids is 1. The average Bonchev–Trinajstić information content (AvgIpc) is 3.34. The predicted octanol–water partition coefficient (Wildman–Crippen LogP) is 4.07. The molecule has 3 fully saturated rings. The van der Waals surface area contributed by atoms with Gasteiger partial charge in [0.25, 0.3) is 0 Å². The predicted molar refractivity (Wildman–Crippen MR) is 123 cm³/mol. The molecule has 0 aliphatic carbocycles. The average molecular weight is 448 g/mol. The van der Waals surface area contributed by atoms with E-state index in [-0.39, 0.29) is 18.1 Å². The fourth-order valence-corrected chi connectivity index (χ4v) is 5.53. The number of nitrogens with zero attached hydrogens (tertiary/aromatic N) is 3. The van der Waals surface area contributed by atoms with Crippen molar-refractivity contribution in [2.75, 3.05) is 20.2 Å². The van der Waals surface area contributed by atoms with Crippen LogP contribution in [0.2, 0.25) is 0 Å². The highest BCUT2D eigenvalue weighted by molar-refractivity contribution is 7.10. The molecule has 6 nitrogen and oxygen atoms in total. The maximum absolute atomic E-state index is 12.1. The van der Waals surface area contributed by atoms with Gasteiger partial charge in [-0.3, -0.25) is 14.7 Å². The van der Waals surface area contributed by atoms with Crippen molar-refractivity contribution in [1.29, 1.82) is 0 Å². The van der Waals surface area contributed by atoms with Crippen molar-refractivity contribution in [3.05, 3.63) is 52.6 Å². The van der Waals surface area contributed by atoms with Gasteiger partial charge in [-0.15, -0.1) is 11.3 Å². The number of hydrogen-bond donors (Lipinski definition) is 0. The lowest BCUT2D eigenvalue weighted by molar-refractivity contribution is -0.154. The van der Waals surface area contributed by atoms with E-state index in [1.807, 2.05) is 29.6 Å². The Balaban J connectivity index is 1.47. The number of thiazole rings is 1. The molecule has 2 bridgehead atoms. The molecule has 5 heterocycles. The first-order valence-corrected chi connectivity index (χ1v) is 11.8. The molecule has 1 unspecified atom stereocenters. The highest BCUT2D eigenvalue weighted by Gasteiger charge is 2.44. The number of ether oxygens (including phenoxy) is 2. The number of fused-ring (bicyclic) bond motifs is 4. The number of hydrogen-bond acceptors (Lipinski definition) is 7. The van der Waals surface area contributed by atoms with Crippen LogP contribution in [-0.4, -0.2) is 47.1 Å². The van der Waals surface area contributed by atoms with Crippen LogP contribution in [0, 0.1) is 23.7 Å². The third-order valence-corrected chi connectivity index (χ3v) is 7.22. The van der Waals surface area contributed by atoms with E-state index in [0.717, 1.165) is 53.2 Å². The van der Waals surface area contributed by atoms with Gasteiger partial charge in [0.2, 0.25) is 0 Å². The Hall–Kier alpha value is -2.95. The standard InChI is InChI=1S/C25H25N3O3S/c1-16(29)31-25(20-7-9-26-22-5-4-19(30-2)14-21(20)22)23-13-17-8-11-28(23)15-18(17)3-6-24-27-10-12-32-24/h4-5,7,9-10,12,14,17-18,23,25H,8,11,13,15H2,1-2H3/t17-,18-,23+,25-/m0/s1. The third kappa shape index (κ3) is 4.08. The lowest BCUT2D eigenvalue weighted by Crippen LogP contribution is -2.55. The number of rotatable bonds is 4. The molecule has 3 aliphatic heterocycles. The lowest BCUT2D eigenvalue weighted by Gasteiger charge is -2.50. The first-order chi connectivity index (χ1) is 15.6. The fraction of sp³-hybridized carbons (Fsp3) is 0.400. The van der Waals surface area contributed by atoms with E-state index in [9.17, 15) is 4.79 Å². The van der Waals surface area contributed by atoms with Crippen molar-refractivity contribution in [3.63, 3.8) is 0 Å². The minimum atomic E-state index is -0.360. The zero-order valence-electron chi connectivity index (χ0n) is 18.2. The van der Waals surface area contributed by atoms with Crippen molar-refractivity contribution in [1.82, 2.24) is 14.9 Å². The number of methoxy groups -OCH3 is 1. The maximum Gasteiger partial charge on any atom is 0.303 e. The first kappa shape index (κ1) is 20.9. The first-order valence-electron chi connectivity index (χ1n) is 10.9. The van der Waals surface area contributed by atoms with Gasteiger partial charge < -0.3 is 9.47 Å². The van der Waals surface area contributed by atoms with E-state index >= 15 is 0 Å². The van der Waals surface area contributed by atoms with Gasteiger partial charge in [0.1, 0.15) is 11.9 Å². The molecule has 32 heavy (non-hydrogen) atoms. The summed E-state index contributed by atoms with van der Waals surface area (Å²) in [4.78, 5) is 23.3. The van der Waals surface area contributed by atoms with Gasteiger partial charge in [-0.2, -0.15) is 0 Å². The van der Waals surface area contributed by atoms with E-state index < -0.39 is 0 Å².